The molecule has 0 amide bonds. The summed E-state index contributed by atoms with van der Waals surface area (Å²) in [7, 11) is 2.11. The number of carbonyl (C=O) groups is 1. The molecule has 3 rings (SSSR count). The van der Waals surface area contributed by atoms with Crippen molar-refractivity contribution in [3.8, 4) is 0 Å². The monoisotopic (exact) mass is 243 g/mol. The second-order valence-electron chi connectivity index (χ2n) is 5.04. The van der Waals surface area contributed by atoms with E-state index in [2.05, 4.69) is 21.9 Å². The van der Waals surface area contributed by atoms with Crippen LogP contribution in [0, 0.1) is 5.92 Å². The van der Waals surface area contributed by atoms with Gasteiger partial charge in [0.2, 0.25) is 0 Å². The van der Waals surface area contributed by atoms with Crippen LogP contribution in [-0.4, -0.2) is 40.8 Å². The standard InChI is InChI=1S/C14H17N3O/c1-17-7-4-10(5-8-17)13(18)12-9-16-14-11(12)3-2-6-15-14/h2-3,6,9-10H,4-5,7-8H2,1H3,(H,15,16). The Hall–Kier alpha value is -1.68. The van der Waals surface area contributed by atoms with Gasteiger partial charge in [-0.15, -0.1) is 0 Å². The number of ketones is 1. The van der Waals surface area contributed by atoms with Crippen LogP contribution < -0.4 is 0 Å². The number of Topliss-reactive ketones (excluding diaryl/α,β-unsaturated/α-hetero) is 1. The van der Waals surface area contributed by atoms with Crippen molar-refractivity contribution >= 4 is 16.8 Å². The SMILES string of the molecule is CN1CCC(C(=O)c2c[nH]c3ncccc23)CC1. The maximum Gasteiger partial charge on any atom is 0.168 e. The molecule has 18 heavy (non-hydrogen) atoms. The first-order valence-electron chi connectivity index (χ1n) is 6.40. The second kappa shape index (κ2) is 4.53. The molecule has 0 atom stereocenters. The Morgan fingerprint density at radius 1 is 1.44 bits per heavy atom. The van der Waals surface area contributed by atoms with Gasteiger partial charge in [0.1, 0.15) is 5.65 Å². The molecule has 1 fully saturated rings. The minimum absolute atomic E-state index is 0.167. The number of piperidine rings is 1. The van der Waals surface area contributed by atoms with Crippen molar-refractivity contribution in [3.05, 3.63) is 30.1 Å². The summed E-state index contributed by atoms with van der Waals surface area (Å²) < 4.78 is 0. The molecule has 0 saturated carbocycles. The molecule has 0 radical (unpaired) electrons. The van der Waals surface area contributed by atoms with Crippen molar-refractivity contribution in [1.82, 2.24) is 14.9 Å². The number of hydrogen-bond donors (Lipinski definition) is 1. The Morgan fingerprint density at radius 2 is 2.22 bits per heavy atom. The molecule has 2 aromatic rings. The third-order valence-corrected chi connectivity index (χ3v) is 3.81. The lowest BCUT2D eigenvalue weighted by Crippen LogP contribution is -2.33. The minimum atomic E-state index is 0.167. The van der Waals surface area contributed by atoms with Crippen LogP contribution in [0.4, 0.5) is 0 Å². The Morgan fingerprint density at radius 3 is 3.00 bits per heavy atom. The number of hydrogen-bond acceptors (Lipinski definition) is 3. The zero-order valence-electron chi connectivity index (χ0n) is 10.5. The summed E-state index contributed by atoms with van der Waals surface area (Å²) in [5, 5.41) is 0.946. The first-order chi connectivity index (χ1) is 8.75. The number of likely N-dealkylation sites (tertiary alicyclic amines) is 1. The Balaban J connectivity index is 1.88. The van der Waals surface area contributed by atoms with Crippen LogP contribution >= 0.6 is 0 Å². The van der Waals surface area contributed by atoms with Crippen LogP contribution in [0.5, 0.6) is 0 Å². The summed E-state index contributed by atoms with van der Waals surface area (Å²) in [5.74, 6) is 0.433. The number of carbonyl (C=O) groups excluding carboxylic acids is 1. The van der Waals surface area contributed by atoms with Crippen LogP contribution in [0.2, 0.25) is 0 Å². The maximum absolute atomic E-state index is 12.5. The average Bonchev–Trinajstić information content (AvgIpc) is 2.82. The first kappa shape index (κ1) is 11.4. The third-order valence-electron chi connectivity index (χ3n) is 3.81. The number of rotatable bonds is 2. The smallest absolute Gasteiger partial charge is 0.168 e. The van der Waals surface area contributed by atoms with Crippen LogP contribution in [0.25, 0.3) is 11.0 Å². The third kappa shape index (κ3) is 1.93. The van der Waals surface area contributed by atoms with Gasteiger partial charge >= 0.3 is 0 Å². The molecular weight excluding hydrogens is 226 g/mol. The average molecular weight is 243 g/mol. The van der Waals surface area contributed by atoms with Gasteiger partial charge in [-0.3, -0.25) is 4.79 Å². The normalized spacial score (nSPS) is 18.3. The number of fused-ring (bicyclic) bond motifs is 1. The molecule has 0 unspecified atom stereocenters. The van der Waals surface area contributed by atoms with Gasteiger partial charge in [-0.2, -0.15) is 0 Å². The molecule has 1 aliphatic rings. The van der Waals surface area contributed by atoms with Crippen molar-refractivity contribution in [2.24, 2.45) is 5.92 Å². The van der Waals surface area contributed by atoms with Gasteiger partial charge in [0, 0.05) is 29.3 Å². The van der Waals surface area contributed by atoms with E-state index in [-0.39, 0.29) is 11.7 Å². The number of pyridine rings is 1. The van der Waals surface area contributed by atoms with E-state index in [9.17, 15) is 4.79 Å². The van der Waals surface area contributed by atoms with Gasteiger partial charge in [-0.25, -0.2) is 4.98 Å². The van der Waals surface area contributed by atoms with E-state index >= 15 is 0 Å². The van der Waals surface area contributed by atoms with Crippen LogP contribution in [0.15, 0.2) is 24.5 Å². The fourth-order valence-electron chi connectivity index (χ4n) is 2.65. The van der Waals surface area contributed by atoms with E-state index in [4.69, 9.17) is 0 Å². The second-order valence-corrected chi connectivity index (χ2v) is 5.04. The molecule has 1 saturated heterocycles. The first-order valence-corrected chi connectivity index (χ1v) is 6.40. The number of aromatic amines is 1. The maximum atomic E-state index is 12.5. The largest absolute Gasteiger partial charge is 0.345 e. The van der Waals surface area contributed by atoms with E-state index in [1.54, 1.807) is 12.4 Å². The van der Waals surface area contributed by atoms with Crippen molar-refractivity contribution in [2.45, 2.75) is 12.8 Å². The Bertz CT molecular complexity index is 567. The molecule has 1 aliphatic heterocycles. The molecule has 94 valence electrons. The van der Waals surface area contributed by atoms with Crippen LogP contribution in [-0.2, 0) is 0 Å². The summed E-state index contributed by atoms with van der Waals surface area (Å²) in [4.78, 5) is 22.1. The summed E-state index contributed by atoms with van der Waals surface area (Å²) in [6.45, 7) is 2.02. The van der Waals surface area contributed by atoms with Crippen LogP contribution in [0.3, 0.4) is 0 Å². The predicted octanol–water partition coefficient (Wildman–Crippen LogP) is 2.09. The molecule has 4 heteroatoms. The molecule has 1 N–H and O–H groups in total. The predicted molar refractivity (Wildman–Crippen MR) is 70.6 cm³/mol. The number of H-pyrrole nitrogens is 1. The molecule has 2 aromatic heterocycles. The summed E-state index contributed by atoms with van der Waals surface area (Å²) >= 11 is 0. The quantitative estimate of drug-likeness (QED) is 0.822. The van der Waals surface area contributed by atoms with Gasteiger partial charge in [0.25, 0.3) is 0 Å². The lowest BCUT2D eigenvalue weighted by atomic mass is 9.89. The highest BCUT2D eigenvalue weighted by Gasteiger charge is 2.26. The van der Waals surface area contributed by atoms with Gasteiger partial charge in [0.05, 0.1) is 0 Å². The van der Waals surface area contributed by atoms with E-state index in [0.29, 0.717) is 0 Å². The topological polar surface area (TPSA) is 49.0 Å². The highest BCUT2D eigenvalue weighted by Crippen LogP contribution is 2.25. The number of nitrogens with zero attached hydrogens (tertiary/aromatic N) is 2. The van der Waals surface area contributed by atoms with E-state index < -0.39 is 0 Å². The zero-order chi connectivity index (χ0) is 12.5. The fraction of sp³-hybridized carbons (Fsp3) is 0.429. The fourth-order valence-corrected chi connectivity index (χ4v) is 2.65. The zero-order valence-corrected chi connectivity index (χ0v) is 10.5. The van der Waals surface area contributed by atoms with Gasteiger partial charge < -0.3 is 9.88 Å². The van der Waals surface area contributed by atoms with Crippen molar-refractivity contribution in [2.75, 3.05) is 20.1 Å². The summed E-state index contributed by atoms with van der Waals surface area (Å²) in [6.07, 6.45) is 5.46. The van der Waals surface area contributed by atoms with Crippen LogP contribution in [0.1, 0.15) is 23.2 Å². The minimum Gasteiger partial charge on any atom is -0.345 e. The highest BCUT2D eigenvalue weighted by molar-refractivity contribution is 6.08. The lowest BCUT2D eigenvalue weighted by molar-refractivity contribution is 0.0858. The molecule has 3 heterocycles. The summed E-state index contributed by atoms with van der Waals surface area (Å²) in [6, 6.07) is 3.84. The number of aromatic nitrogens is 2. The molecular formula is C14H17N3O. The molecule has 0 spiro atoms. The van der Waals surface area contributed by atoms with Gasteiger partial charge in [-0.05, 0) is 45.1 Å². The molecule has 0 aliphatic carbocycles. The molecule has 4 nitrogen and oxygen atoms in total. The molecule has 0 bridgehead atoms. The van der Waals surface area contributed by atoms with Crippen molar-refractivity contribution in [3.63, 3.8) is 0 Å². The summed E-state index contributed by atoms with van der Waals surface area (Å²) in [5.41, 5.74) is 1.60. The lowest BCUT2D eigenvalue weighted by Gasteiger charge is -2.27. The van der Waals surface area contributed by atoms with Gasteiger partial charge in [-0.1, -0.05) is 0 Å². The Labute approximate surface area is 106 Å². The Kier molecular flexibility index (Phi) is 2.88. The van der Waals surface area contributed by atoms with E-state index in [1.165, 1.54) is 0 Å². The van der Waals surface area contributed by atoms with Crippen molar-refractivity contribution < 1.29 is 4.79 Å². The van der Waals surface area contributed by atoms with E-state index in [1.807, 2.05) is 12.1 Å². The van der Waals surface area contributed by atoms with Crippen molar-refractivity contribution in [1.29, 1.82) is 0 Å². The highest BCUT2D eigenvalue weighted by atomic mass is 16.1. The van der Waals surface area contributed by atoms with Gasteiger partial charge in [0.15, 0.2) is 5.78 Å². The molecule has 0 aromatic carbocycles. The number of nitrogens with one attached hydrogen (secondary N) is 1. The van der Waals surface area contributed by atoms with E-state index in [0.717, 1.165) is 42.5 Å².